The van der Waals surface area contributed by atoms with Gasteiger partial charge < -0.3 is 40.1 Å². The van der Waals surface area contributed by atoms with E-state index in [1.54, 1.807) is 26.8 Å². The van der Waals surface area contributed by atoms with Crippen LogP contribution < -0.4 is 0 Å². The third kappa shape index (κ3) is 4.11. The van der Waals surface area contributed by atoms with E-state index in [1.165, 1.54) is 24.3 Å². The average Bonchev–Trinajstić information content (AvgIpc) is 2.81. The molecule has 4 rings (SSSR count). The number of nitriles is 1. The molecule has 1 saturated heterocycles. The van der Waals surface area contributed by atoms with Gasteiger partial charge in [0.05, 0.1) is 23.2 Å². The second kappa shape index (κ2) is 8.71. The Kier molecular flexibility index (Phi) is 6.12. The quantitative estimate of drug-likeness (QED) is 0.271. The molecule has 0 amide bonds. The summed E-state index contributed by atoms with van der Waals surface area (Å²) in [5, 5.41) is 69.7. The highest BCUT2D eigenvalue weighted by Gasteiger charge is 2.57. The van der Waals surface area contributed by atoms with Gasteiger partial charge >= 0.3 is 0 Å². The number of aliphatic hydroxyl groups is 1. The molecular formula is C26H27NO9. The third-order valence-electron chi connectivity index (χ3n) is 6.95. The largest absolute Gasteiger partial charge is 0.504 e. The van der Waals surface area contributed by atoms with Gasteiger partial charge in [-0.25, -0.2) is 0 Å². The van der Waals surface area contributed by atoms with Crippen LogP contribution in [-0.4, -0.2) is 48.6 Å². The zero-order valence-corrected chi connectivity index (χ0v) is 19.8. The number of rotatable bonds is 4. The zero-order valence-electron chi connectivity index (χ0n) is 19.8. The number of phenolic OH excluding ortho intramolecular Hbond substituents is 5. The smallest absolute Gasteiger partial charge is 0.200 e. The fourth-order valence-electron chi connectivity index (χ4n) is 5.25. The van der Waals surface area contributed by atoms with Crippen LogP contribution in [0.15, 0.2) is 42.0 Å². The standard InChI is InChI=1S/C26H27NO9/c1-25(2)22(33)14(11-27)9-26(3)10-19(35-23(34)12-4-5-15(28)16(29)6-12)21(36-24(25)26)13-7-17(30)20(32)18(31)8-13/h4-9,19,21,23-24,28-32,34H,10H2,1-3H3/t19-,21-,23?,24?,26?/m0/s1. The first kappa shape index (κ1) is 25.3. The summed E-state index contributed by atoms with van der Waals surface area (Å²) in [7, 11) is 0. The highest BCUT2D eigenvalue weighted by molar-refractivity contribution is 6.04. The molecule has 2 aromatic carbocycles. The zero-order chi connectivity index (χ0) is 26.6. The molecule has 1 heterocycles. The molecule has 1 aliphatic heterocycles. The van der Waals surface area contributed by atoms with Crippen LogP contribution >= 0.6 is 0 Å². The highest BCUT2D eigenvalue weighted by Crippen LogP contribution is 2.55. The number of aromatic hydroxyl groups is 5. The summed E-state index contributed by atoms with van der Waals surface area (Å²) >= 11 is 0. The van der Waals surface area contributed by atoms with E-state index < -0.39 is 58.4 Å². The maximum absolute atomic E-state index is 13.0. The molecule has 190 valence electrons. The van der Waals surface area contributed by atoms with E-state index in [1.807, 2.05) is 6.07 Å². The molecule has 0 aromatic heterocycles. The molecule has 5 atom stereocenters. The maximum atomic E-state index is 13.0. The van der Waals surface area contributed by atoms with Gasteiger partial charge in [0.15, 0.2) is 40.8 Å². The lowest BCUT2D eigenvalue weighted by atomic mass is 9.59. The molecule has 0 bridgehead atoms. The van der Waals surface area contributed by atoms with Crippen LogP contribution in [0.3, 0.4) is 0 Å². The van der Waals surface area contributed by atoms with Crippen molar-refractivity contribution in [3.05, 3.63) is 53.1 Å². The first-order chi connectivity index (χ1) is 16.8. The van der Waals surface area contributed by atoms with Gasteiger partial charge in [-0.2, -0.15) is 5.26 Å². The Morgan fingerprint density at radius 2 is 1.67 bits per heavy atom. The summed E-state index contributed by atoms with van der Waals surface area (Å²) in [6, 6.07) is 8.00. The number of aliphatic hydroxyl groups excluding tert-OH is 1. The van der Waals surface area contributed by atoms with Gasteiger partial charge in [-0.15, -0.1) is 0 Å². The van der Waals surface area contributed by atoms with E-state index >= 15 is 0 Å². The number of benzene rings is 2. The number of hydrogen-bond acceptors (Lipinski definition) is 10. The van der Waals surface area contributed by atoms with Crippen molar-refractivity contribution in [2.45, 2.75) is 51.8 Å². The molecule has 1 aliphatic carbocycles. The minimum atomic E-state index is -1.58. The molecule has 0 radical (unpaired) electrons. The number of Topliss-reactive ketones (excluding diaryl/α,β-unsaturated/α-hetero) is 1. The fourth-order valence-corrected chi connectivity index (χ4v) is 5.25. The number of hydrogen-bond donors (Lipinski definition) is 6. The first-order valence-corrected chi connectivity index (χ1v) is 11.2. The van der Waals surface area contributed by atoms with E-state index in [-0.39, 0.29) is 34.7 Å². The molecule has 2 aliphatic rings. The molecule has 3 unspecified atom stereocenters. The lowest BCUT2D eigenvalue weighted by Crippen LogP contribution is -2.57. The number of carbonyl (C=O) groups excluding carboxylic acids is 1. The SMILES string of the molecule is CC12C=C(C#N)C(=O)C(C)(C)C1O[C@@H](c1cc(O)c(O)c(O)c1)[C@@H](OC(O)c1ccc(O)c(O)c1)C2. The summed E-state index contributed by atoms with van der Waals surface area (Å²) in [6.07, 6.45) is -2.58. The van der Waals surface area contributed by atoms with Crippen molar-refractivity contribution in [3.8, 4) is 34.8 Å². The van der Waals surface area contributed by atoms with Crippen molar-refractivity contribution >= 4 is 5.78 Å². The summed E-state index contributed by atoms with van der Waals surface area (Å²) in [4.78, 5) is 13.0. The Labute approximate surface area is 206 Å². The van der Waals surface area contributed by atoms with E-state index in [0.29, 0.717) is 0 Å². The Hall–Kier alpha value is -3.78. The van der Waals surface area contributed by atoms with Crippen LogP contribution in [-0.2, 0) is 14.3 Å². The molecular weight excluding hydrogens is 470 g/mol. The van der Waals surface area contributed by atoms with Crippen LogP contribution in [0.5, 0.6) is 28.7 Å². The summed E-state index contributed by atoms with van der Waals surface area (Å²) in [5.41, 5.74) is -1.64. The lowest BCUT2D eigenvalue weighted by molar-refractivity contribution is -0.251. The molecule has 10 heteroatoms. The molecule has 1 fully saturated rings. The van der Waals surface area contributed by atoms with E-state index in [9.17, 15) is 40.7 Å². The summed E-state index contributed by atoms with van der Waals surface area (Å²) in [6.45, 7) is 5.14. The number of ether oxygens (including phenoxy) is 2. The topological polar surface area (TPSA) is 181 Å². The second-order valence-electron chi connectivity index (χ2n) is 10.1. The monoisotopic (exact) mass is 497 g/mol. The van der Waals surface area contributed by atoms with Gasteiger partial charge in [-0.1, -0.05) is 19.1 Å². The van der Waals surface area contributed by atoms with Crippen molar-refractivity contribution in [3.63, 3.8) is 0 Å². The normalized spacial score (nSPS) is 28.0. The second-order valence-corrected chi connectivity index (χ2v) is 10.1. The van der Waals surface area contributed by atoms with Crippen molar-refractivity contribution < 1.29 is 44.9 Å². The van der Waals surface area contributed by atoms with Crippen LogP contribution in [0.25, 0.3) is 0 Å². The summed E-state index contributed by atoms with van der Waals surface area (Å²) in [5.74, 6) is -3.14. The van der Waals surface area contributed by atoms with Crippen LogP contribution in [0.4, 0.5) is 0 Å². The molecule has 10 nitrogen and oxygen atoms in total. The summed E-state index contributed by atoms with van der Waals surface area (Å²) < 4.78 is 12.3. The van der Waals surface area contributed by atoms with Gasteiger partial charge in [0.25, 0.3) is 0 Å². The van der Waals surface area contributed by atoms with E-state index in [0.717, 1.165) is 6.07 Å². The first-order valence-electron chi connectivity index (χ1n) is 11.2. The molecule has 36 heavy (non-hydrogen) atoms. The van der Waals surface area contributed by atoms with Gasteiger partial charge in [-0.3, -0.25) is 4.79 Å². The van der Waals surface area contributed by atoms with Gasteiger partial charge in [0, 0.05) is 11.0 Å². The third-order valence-corrected chi connectivity index (χ3v) is 6.95. The Bertz CT molecular complexity index is 1270. The van der Waals surface area contributed by atoms with Crippen molar-refractivity contribution in [1.82, 2.24) is 0 Å². The number of allylic oxidation sites excluding steroid dienone is 1. The predicted molar refractivity (Wildman–Crippen MR) is 124 cm³/mol. The highest BCUT2D eigenvalue weighted by atomic mass is 16.6. The van der Waals surface area contributed by atoms with Crippen LogP contribution in [0.2, 0.25) is 0 Å². The number of nitrogens with zero attached hydrogens (tertiary/aromatic N) is 1. The maximum Gasteiger partial charge on any atom is 0.200 e. The Morgan fingerprint density at radius 3 is 2.25 bits per heavy atom. The van der Waals surface area contributed by atoms with E-state index in [4.69, 9.17) is 9.47 Å². The molecule has 0 spiro atoms. The lowest BCUT2D eigenvalue weighted by Gasteiger charge is -2.54. The Morgan fingerprint density at radius 1 is 1.03 bits per heavy atom. The van der Waals surface area contributed by atoms with Gasteiger partial charge in [-0.05, 0) is 50.1 Å². The fraction of sp³-hybridized carbons (Fsp3) is 0.385. The minimum absolute atomic E-state index is 0.0107. The average molecular weight is 498 g/mol. The number of ketones is 1. The number of carbonyl (C=O) groups is 1. The molecule has 2 aromatic rings. The molecule has 0 saturated carbocycles. The Balaban J connectivity index is 1.79. The predicted octanol–water partition coefficient (Wildman–Crippen LogP) is 3.19. The molecule has 6 N–H and O–H groups in total. The van der Waals surface area contributed by atoms with Gasteiger partial charge in [0.2, 0.25) is 0 Å². The van der Waals surface area contributed by atoms with E-state index in [2.05, 4.69) is 0 Å². The van der Waals surface area contributed by atoms with Gasteiger partial charge in [0.1, 0.15) is 12.2 Å². The van der Waals surface area contributed by atoms with Crippen molar-refractivity contribution in [1.29, 1.82) is 5.26 Å². The minimum Gasteiger partial charge on any atom is -0.504 e. The van der Waals surface area contributed by atoms with Crippen LogP contribution in [0, 0.1) is 22.2 Å². The van der Waals surface area contributed by atoms with Crippen LogP contribution in [0.1, 0.15) is 50.7 Å². The van der Waals surface area contributed by atoms with Crippen molar-refractivity contribution in [2.24, 2.45) is 10.8 Å². The van der Waals surface area contributed by atoms with Crippen molar-refractivity contribution in [2.75, 3.05) is 0 Å². The number of fused-ring (bicyclic) bond motifs is 1. The number of phenols is 5.